The highest BCUT2D eigenvalue weighted by atomic mass is 16.5. The fourth-order valence-electron chi connectivity index (χ4n) is 2.44. The van der Waals surface area contributed by atoms with Crippen LogP contribution in [0.1, 0.15) is 12.5 Å². The van der Waals surface area contributed by atoms with Gasteiger partial charge < -0.3 is 15.2 Å². The summed E-state index contributed by atoms with van der Waals surface area (Å²) in [4.78, 5) is 0. The van der Waals surface area contributed by atoms with E-state index in [1.54, 1.807) is 7.11 Å². The number of anilines is 1. The molecule has 1 aromatic carbocycles. The van der Waals surface area contributed by atoms with Gasteiger partial charge in [-0.3, -0.25) is 4.40 Å². The predicted molar refractivity (Wildman–Crippen MR) is 85.3 cm³/mol. The Morgan fingerprint density at radius 3 is 2.73 bits per heavy atom. The Bertz CT molecular complexity index is 826. The van der Waals surface area contributed by atoms with E-state index in [-0.39, 0.29) is 0 Å². The number of fused-ring (bicyclic) bond motifs is 1. The average molecular weight is 298 g/mol. The van der Waals surface area contributed by atoms with Gasteiger partial charge in [0.2, 0.25) is 0 Å². The van der Waals surface area contributed by atoms with E-state index in [2.05, 4.69) is 10.2 Å². The molecule has 0 atom stereocenters. The highest BCUT2D eigenvalue weighted by Crippen LogP contribution is 2.32. The summed E-state index contributed by atoms with van der Waals surface area (Å²) < 4.78 is 12.8. The van der Waals surface area contributed by atoms with Crippen LogP contribution in [0.2, 0.25) is 0 Å². The fourth-order valence-corrected chi connectivity index (χ4v) is 2.44. The number of hydrogen-bond donors (Lipinski definition) is 1. The number of rotatable bonds is 4. The Morgan fingerprint density at radius 2 is 2.00 bits per heavy atom. The highest BCUT2D eigenvalue weighted by Gasteiger charge is 2.13. The van der Waals surface area contributed by atoms with Crippen LogP contribution in [0.3, 0.4) is 0 Å². The Labute approximate surface area is 128 Å². The maximum absolute atomic E-state index is 6.00. The van der Waals surface area contributed by atoms with Crippen LogP contribution >= 0.6 is 0 Å². The summed E-state index contributed by atoms with van der Waals surface area (Å²) in [7, 11) is 1.62. The monoisotopic (exact) mass is 298 g/mol. The second-order valence-electron chi connectivity index (χ2n) is 4.99. The Hall–Kier alpha value is -2.76. The topological polar surface area (TPSA) is 74.7 Å². The molecule has 0 fully saturated rings. The third-order valence-corrected chi connectivity index (χ3v) is 3.39. The van der Waals surface area contributed by atoms with E-state index in [1.165, 1.54) is 0 Å². The van der Waals surface area contributed by atoms with E-state index in [4.69, 9.17) is 15.2 Å². The first-order valence-electron chi connectivity index (χ1n) is 7.06. The molecule has 3 aromatic rings. The van der Waals surface area contributed by atoms with Crippen molar-refractivity contribution >= 4 is 11.3 Å². The van der Waals surface area contributed by atoms with Gasteiger partial charge in [-0.05, 0) is 43.7 Å². The Balaban J connectivity index is 2.17. The van der Waals surface area contributed by atoms with Crippen LogP contribution in [0.25, 0.3) is 17.0 Å². The lowest BCUT2D eigenvalue weighted by atomic mass is 10.2. The lowest BCUT2D eigenvalue weighted by molar-refractivity contribution is 0.311. The first-order valence-corrected chi connectivity index (χ1v) is 7.06. The zero-order chi connectivity index (χ0) is 15.7. The molecule has 0 saturated carbocycles. The van der Waals surface area contributed by atoms with Crippen molar-refractivity contribution in [3.05, 3.63) is 36.0 Å². The smallest absolute Gasteiger partial charge is 0.184 e. The predicted octanol–water partition coefficient (Wildman–Crippen LogP) is 2.69. The maximum Gasteiger partial charge on any atom is 0.184 e. The number of nitrogens with two attached hydrogens (primary N) is 1. The molecular formula is C16H18N4O2. The van der Waals surface area contributed by atoms with E-state index >= 15 is 0 Å². The summed E-state index contributed by atoms with van der Waals surface area (Å²) in [5.41, 5.74) is 9.20. The van der Waals surface area contributed by atoms with Crippen molar-refractivity contribution in [3.8, 4) is 22.9 Å². The largest absolute Gasteiger partial charge is 0.493 e. The molecule has 22 heavy (non-hydrogen) atoms. The molecule has 0 aliphatic rings. The number of pyridine rings is 1. The minimum atomic E-state index is 0.562. The molecule has 114 valence electrons. The fraction of sp³-hybridized carbons (Fsp3) is 0.250. The summed E-state index contributed by atoms with van der Waals surface area (Å²) in [6.45, 7) is 4.48. The molecule has 2 N–H and O–H groups in total. The van der Waals surface area contributed by atoms with Crippen molar-refractivity contribution in [1.82, 2.24) is 14.6 Å². The van der Waals surface area contributed by atoms with E-state index in [9.17, 15) is 0 Å². The van der Waals surface area contributed by atoms with Gasteiger partial charge in [-0.15, -0.1) is 10.2 Å². The highest BCUT2D eigenvalue weighted by molar-refractivity contribution is 5.71. The zero-order valence-corrected chi connectivity index (χ0v) is 12.8. The van der Waals surface area contributed by atoms with Gasteiger partial charge in [0.25, 0.3) is 0 Å². The molecule has 0 unspecified atom stereocenters. The SMILES string of the molecule is CCOc1cc(-c2nnc3c(N)cc(C)cn23)ccc1OC. The van der Waals surface area contributed by atoms with Crippen molar-refractivity contribution in [3.63, 3.8) is 0 Å². The molecular weight excluding hydrogens is 280 g/mol. The third kappa shape index (κ3) is 2.32. The second-order valence-corrected chi connectivity index (χ2v) is 4.99. The van der Waals surface area contributed by atoms with E-state index in [0.717, 1.165) is 11.1 Å². The van der Waals surface area contributed by atoms with E-state index < -0.39 is 0 Å². The number of benzene rings is 1. The lowest BCUT2D eigenvalue weighted by Gasteiger charge is -2.10. The standard InChI is InChI=1S/C16H18N4O2/c1-4-22-14-8-11(5-6-13(14)21-3)15-18-19-16-12(17)7-10(2)9-20(15)16/h5-9H,4,17H2,1-3H3. The molecule has 0 spiro atoms. The normalized spacial score (nSPS) is 10.9. The molecule has 3 rings (SSSR count). The lowest BCUT2D eigenvalue weighted by Crippen LogP contribution is -1.98. The van der Waals surface area contributed by atoms with Gasteiger partial charge in [0, 0.05) is 11.8 Å². The molecule has 6 nitrogen and oxygen atoms in total. The average Bonchev–Trinajstić information content (AvgIpc) is 2.91. The summed E-state index contributed by atoms with van der Waals surface area (Å²) >= 11 is 0. The molecule has 2 heterocycles. The number of nitrogen functional groups attached to an aromatic ring is 1. The number of aryl methyl sites for hydroxylation is 1. The molecule has 6 heteroatoms. The van der Waals surface area contributed by atoms with Gasteiger partial charge in [-0.1, -0.05) is 0 Å². The number of ether oxygens (including phenoxy) is 2. The first kappa shape index (κ1) is 14.2. The third-order valence-electron chi connectivity index (χ3n) is 3.39. The Morgan fingerprint density at radius 1 is 1.18 bits per heavy atom. The van der Waals surface area contributed by atoms with E-state index in [0.29, 0.717) is 35.3 Å². The van der Waals surface area contributed by atoms with Gasteiger partial charge in [0.05, 0.1) is 19.4 Å². The first-order chi connectivity index (χ1) is 10.6. The van der Waals surface area contributed by atoms with Crippen LogP contribution in [-0.2, 0) is 0 Å². The van der Waals surface area contributed by atoms with Crippen LogP contribution in [0.4, 0.5) is 5.69 Å². The molecule has 0 aliphatic carbocycles. The number of nitrogens with zero attached hydrogens (tertiary/aromatic N) is 3. The summed E-state index contributed by atoms with van der Waals surface area (Å²) in [6.07, 6.45) is 1.96. The maximum atomic E-state index is 6.00. The summed E-state index contributed by atoms with van der Waals surface area (Å²) in [6, 6.07) is 7.57. The van der Waals surface area contributed by atoms with Crippen LogP contribution in [0.5, 0.6) is 11.5 Å². The molecule has 2 aromatic heterocycles. The molecule has 0 saturated heterocycles. The van der Waals surface area contributed by atoms with Gasteiger partial charge in [-0.25, -0.2) is 0 Å². The number of hydrogen-bond acceptors (Lipinski definition) is 5. The van der Waals surface area contributed by atoms with Gasteiger partial charge in [0.15, 0.2) is 23.0 Å². The van der Waals surface area contributed by atoms with Crippen molar-refractivity contribution < 1.29 is 9.47 Å². The van der Waals surface area contributed by atoms with Crippen LogP contribution in [0.15, 0.2) is 30.5 Å². The second kappa shape index (κ2) is 5.55. The quantitative estimate of drug-likeness (QED) is 0.801. The van der Waals surface area contributed by atoms with Crippen LogP contribution in [0, 0.1) is 6.92 Å². The number of methoxy groups -OCH3 is 1. The van der Waals surface area contributed by atoms with Crippen molar-refractivity contribution in [1.29, 1.82) is 0 Å². The Kier molecular flexibility index (Phi) is 3.58. The van der Waals surface area contributed by atoms with Crippen molar-refractivity contribution in [2.75, 3.05) is 19.5 Å². The minimum absolute atomic E-state index is 0.562. The van der Waals surface area contributed by atoms with Crippen molar-refractivity contribution in [2.45, 2.75) is 13.8 Å². The summed E-state index contributed by atoms with van der Waals surface area (Å²) in [5.74, 6) is 2.09. The molecule has 0 bridgehead atoms. The van der Waals surface area contributed by atoms with Crippen LogP contribution < -0.4 is 15.2 Å². The summed E-state index contributed by atoms with van der Waals surface area (Å²) in [5, 5.41) is 8.43. The minimum Gasteiger partial charge on any atom is -0.493 e. The van der Waals surface area contributed by atoms with Gasteiger partial charge >= 0.3 is 0 Å². The zero-order valence-electron chi connectivity index (χ0n) is 12.8. The van der Waals surface area contributed by atoms with Crippen molar-refractivity contribution in [2.24, 2.45) is 0 Å². The van der Waals surface area contributed by atoms with E-state index in [1.807, 2.05) is 48.7 Å². The van der Waals surface area contributed by atoms with Gasteiger partial charge in [-0.2, -0.15) is 0 Å². The molecule has 0 amide bonds. The van der Waals surface area contributed by atoms with Gasteiger partial charge in [0.1, 0.15) is 0 Å². The number of aromatic nitrogens is 3. The molecule has 0 radical (unpaired) electrons. The van der Waals surface area contributed by atoms with Crippen LogP contribution in [-0.4, -0.2) is 28.3 Å². The molecule has 0 aliphatic heterocycles.